The average molecular weight is 277 g/mol. The molecule has 0 bridgehead atoms. The Morgan fingerprint density at radius 3 is 2.79 bits per heavy atom. The number of ether oxygens (including phenoxy) is 1. The van der Waals surface area contributed by atoms with Crippen LogP contribution < -0.4 is 4.74 Å². The molecule has 4 heteroatoms. The molecular formula is C15H10ClFO2. The molecule has 0 fully saturated rings. The number of fused-ring (bicyclic) bond motifs is 1. The highest BCUT2D eigenvalue weighted by molar-refractivity contribution is 6.35. The monoisotopic (exact) mass is 276 g/mol. The summed E-state index contributed by atoms with van der Waals surface area (Å²) in [5.41, 5.74) is 1.49. The van der Waals surface area contributed by atoms with Crippen LogP contribution in [0.5, 0.6) is 5.75 Å². The van der Waals surface area contributed by atoms with Gasteiger partial charge >= 0.3 is 0 Å². The first-order valence-electron chi connectivity index (χ1n) is 5.77. The number of hydrogen-bond acceptors (Lipinski definition) is 2. The lowest BCUT2D eigenvalue weighted by molar-refractivity contribution is 0.290. The van der Waals surface area contributed by atoms with E-state index in [1.54, 1.807) is 30.5 Å². The molecule has 0 saturated heterocycles. The molecule has 2 nitrogen and oxygen atoms in total. The highest BCUT2D eigenvalue weighted by Gasteiger charge is 2.10. The van der Waals surface area contributed by atoms with Gasteiger partial charge in [0.05, 0.1) is 11.3 Å². The largest absolute Gasteiger partial charge is 0.486 e. The van der Waals surface area contributed by atoms with Gasteiger partial charge in [0.15, 0.2) is 11.6 Å². The maximum Gasteiger partial charge on any atom is 0.165 e. The minimum atomic E-state index is -0.388. The molecule has 0 saturated carbocycles. The minimum absolute atomic E-state index is 0.206. The summed E-state index contributed by atoms with van der Waals surface area (Å²) in [4.78, 5) is 0. The fourth-order valence-electron chi connectivity index (χ4n) is 1.93. The first-order chi connectivity index (χ1) is 9.25. The minimum Gasteiger partial charge on any atom is -0.486 e. The van der Waals surface area contributed by atoms with Crippen molar-refractivity contribution in [1.29, 1.82) is 0 Å². The smallest absolute Gasteiger partial charge is 0.165 e. The van der Waals surface area contributed by atoms with E-state index in [2.05, 4.69) is 0 Å². The molecule has 1 aromatic heterocycles. The zero-order chi connectivity index (χ0) is 13.2. The average Bonchev–Trinajstić information content (AvgIpc) is 2.83. The van der Waals surface area contributed by atoms with Crippen LogP contribution in [0.3, 0.4) is 0 Å². The van der Waals surface area contributed by atoms with E-state index in [9.17, 15) is 4.39 Å². The number of benzene rings is 2. The summed E-state index contributed by atoms with van der Waals surface area (Å²) in [5.74, 6) is -0.176. The van der Waals surface area contributed by atoms with Gasteiger partial charge in [0.25, 0.3) is 0 Å². The maximum absolute atomic E-state index is 13.4. The summed E-state index contributed by atoms with van der Waals surface area (Å²) >= 11 is 6.13. The van der Waals surface area contributed by atoms with Crippen molar-refractivity contribution in [2.75, 3.05) is 0 Å². The molecule has 0 aliphatic rings. The third kappa shape index (κ3) is 2.29. The number of hydrogen-bond donors (Lipinski definition) is 0. The van der Waals surface area contributed by atoms with Crippen LogP contribution in [0.1, 0.15) is 5.56 Å². The number of furan rings is 1. The second-order valence-corrected chi connectivity index (χ2v) is 4.50. The van der Waals surface area contributed by atoms with Gasteiger partial charge in [-0.05, 0) is 24.3 Å². The predicted molar refractivity (Wildman–Crippen MR) is 72.0 cm³/mol. The van der Waals surface area contributed by atoms with Crippen molar-refractivity contribution < 1.29 is 13.5 Å². The van der Waals surface area contributed by atoms with Gasteiger partial charge in [-0.15, -0.1) is 0 Å². The molecule has 0 aliphatic carbocycles. The summed E-state index contributed by atoms with van der Waals surface area (Å²) in [5, 5.41) is 1.40. The Balaban J connectivity index is 1.89. The lowest BCUT2D eigenvalue weighted by Gasteiger charge is -2.06. The Labute approximate surface area is 114 Å². The summed E-state index contributed by atoms with van der Waals surface area (Å²) in [6.07, 6.45) is 1.58. The zero-order valence-corrected chi connectivity index (χ0v) is 10.7. The second kappa shape index (κ2) is 4.94. The molecule has 0 radical (unpaired) electrons. The Kier molecular flexibility index (Phi) is 3.13. The number of halogens is 2. The van der Waals surface area contributed by atoms with E-state index in [0.29, 0.717) is 10.6 Å². The van der Waals surface area contributed by atoms with Gasteiger partial charge < -0.3 is 9.15 Å². The topological polar surface area (TPSA) is 22.4 Å². The molecule has 19 heavy (non-hydrogen) atoms. The third-order valence-electron chi connectivity index (χ3n) is 2.84. The van der Waals surface area contributed by atoms with Gasteiger partial charge in [-0.25, -0.2) is 4.39 Å². The Hall–Kier alpha value is -2.00. The third-order valence-corrected chi connectivity index (χ3v) is 3.16. The molecule has 0 N–H and O–H groups in total. The highest BCUT2D eigenvalue weighted by atomic mass is 35.5. The first kappa shape index (κ1) is 12.1. The number of rotatable bonds is 3. The van der Waals surface area contributed by atoms with Gasteiger partial charge in [-0.3, -0.25) is 0 Å². The van der Waals surface area contributed by atoms with Crippen LogP contribution in [0.4, 0.5) is 4.39 Å². The molecule has 2 aromatic carbocycles. The summed E-state index contributed by atoms with van der Waals surface area (Å²) in [6.45, 7) is 0.206. The molecule has 0 unspecified atom stereocenters. The van der Waals surface area contributed by atoms with Crippen molar-refractivity contribution in [3.8, 4) is 5.75 Å². The van der Waals surface area contributed by atoms with E-state index in [1.165, 1.54) is 6.07 Å². The van der Waals surface area contributed by atoms with Crippen LogP contribution in [-0.2, 0) is 6.61 Å². The van der Waals surface area contributed by atoms with Crippen LogP contribution in [0.2, 0.25) is 5.02 Å². The van der Waals surface area contributed by atoms with Crippen LogP contribution in [0.25, 0.3) is 11.0 Å². The summed E-state index contributed by atoms with van der Waals surface area (Å²) < 4.78 is 24.3. The van der Waals surface area contributed by atoms with Gasteiger partial charge in [0.2, 0.25) is 0 Å². The van der Waals surface area contributed by atoms with E-state index in [4.69, 9.17) is 20.8 Å². The number of para-hydroxylation sites is 1. The van der Waals surface area contributed by atoms with Crippen LogP contribution in [-0.4, -0.2) is 0 Å². The predicted octanol–water partition coefficient (Wildman–Crippen LogP) is 4.80. The Bertz CT molecular complexity index is 721. The maximum atomic E-state index is 13.4. The van der Waals surface area contributed by atoms with E-state index >= 15 is 0 Å². The van der Waals surface area contributed by atoms with Crippen molar-refractivity contribution in [3.05, 3.63) is 65.1 Å². The van der Waals surface area contributed by atoms with Gasteiger partial charge in [-0.1, -0.05) is 29.8 Å². The van der Waals surface area contributed by atoms with Crippen LogP contribution in [0, 0.1) is 5.82 Å². The van der Waals surface area contributed by atoms with Crippen LogP contribution in [0.15, 0.2) is 53.1 Å². The van der Waals surface area contributed by atoms with Crippen molar-refractivity contribution in [2.45, 2.75) is 6.61 Å². The highest BCUT2D eigenvalue weighted by Crippen LogP contribution is 2.29. The van der Waals surface area contributed by atoms with Crippen molar-refractivity contribution in [2.24, 2.45) is 0 Å². The van der Waals surface area contributed by atoms with E-state index in [1.807, 2.05) is 12.1 Å². The van der Waals surface area contributed by atoms with Crippen molar-refractivity contribution >= 4 is 22.6 Å². The van der Waals surface area contributed by atoms with Crippen molar-refractivity contribution in [1.82, 2.24) is 0 Å². The van der Waals surface area contributed by atoms with E-state index in [-0.39, 0.29) is 18.2 Å². The van der Waals surface area contributed by atoms with Gasteiger partial charge in [0.1, 0.15) is 12.2 Å². The fourth-order valence-corrected chi connectivity index (χ4v) is 2.22. The molecule has 0 spiro atoms. The lowest BCUT2D eigenvalue weighted by atomic mass is 10.2. The fraction of sp³-hybridized carbons (Fsp3) is 0.0667. The second-order valence-electron chi connectivity index (χ2n) is 4.09. The van der Waals surface area contributed by atoms with Crippen LogP contribution >= 0.6 is 11.6 Å². The summed E-state index contributed by atoms with van der Waals surface area (Å²) in [7, 11) is 0. The van der Waals surface area contributed by atoms with Gasteiger partial charge in [0, 0.05) is 10.9 Å². The molecule has 96 valence electrons. The Morgan fingerprint density at radius 1 is 1.11 bits per heavy atom. The Morgan fingerprint density at radius 2 is 1.95 bits per heavy atom. The normalized spacial score (nSPS) is 10.8. The van der Waals surface area contributed by atoms with Crippen molar-refractivity contribution in [3.63, 3.8) is 0 Å². The molecule has 0 amide bonds. The SMILES string of the molecule is Fc1ccccc1OCc1coc2cccc(Cl)c12. The van der Waals surface area contributed by atoms with E-state index < -0.39 is 0 Å². The van der Waals surface area contributed by atoms with E-state index in [0.717, 1.165) is 10.9 Å². The quantitative estimate of drug-likeness (QED) is 0.685. The molecular weight excluding hydrogens is 267 g/mol. The molecule has 0 atom stereocenters. The standard InChI is InChI=1S/C15H10ClFO2/c16-11-4-3-7-14-15(11)10(9-19-14)8-18-13-6-2-1-5-12(13)17/h1-7,9H,8H2. The molecule has 3 aromatic rings. The summed E-state index contributed by atoms with van der Waals surface area (Å²) in [6, 6.07) is 11.7. The van der Waals surface area contributed by atoms with Gasteiger partial charge in [-0.2, -0.15) is 0 Å². The lowest BCUT2D eigenvalue weighted by Crippen LogP contribution is -1.96. The molecule has 0 aliphatic heterocycles. The molecule has 3 rings (SSSR count). The zero-order valence-electron chi connectivity index (χ0n) is 9.90. The molecule has 1 heterocycles. The first-order valence-corrected chi connectivity index (χ1v) is 6.15.